The van der Waals surface area contributed by atoms with Crippen molar-refractivity contribution in [3.63, 3.8) is 0 Å². The van der Waals surface area contributed by atoms with Crippen LogP contribution >= 0.6 is 0 Å². The maximum absolute atomic E-state index is 13.1. The van der Waals surface area contributed by atoms with E-state index >= 15 is 0 Å². The molecule has 4 heterocycles. The zero-order valence-electron chi connectivity index (χ0n) is 14.4. The monoisotopic (exact) mass is 338 g/mol. The third-order valence-electron chi connectivity index (χ3n) is 5.27. The molecular formula is C18H22N6O. The smallest absolute Gasteiger partial charge is 0.244 e. The van der Waals surface area contributed by atoms with Crippen LogP contribution in [0.3, 0.4) is 0 Å². The summed E-state index contributed by atoms with van der Waals surface area (Å²) in [4.78, 5) is 32.3. The highest BCUT2D eigenvalue weighted by Crippen LogP contribution is 2.35. The first-order valence-electron chi connectivity index (χ1n) is 8.59. The number of aromatic nitrogens is 3. The molecule has 2 aliphatic heterocycles. The fraction of sp³-hybridized carbons (Fsp3) is 0.444. The van der Waals surface area contributed by atoms with E-state index in [2.05, 4.69) is 30.8 Å². The zero-order chi connectivity index (χ0) is 17.3. The van der Waals surface area contributed by atoms with Gasteiger partial charge in [0.15, 0.2) is 0 Å². The summed E-state index contributed by atoms with van der Waals surface area (Å²) in [5.74, 6) is 1.04. The molecule has 0 aliphatic carbocycles. The van der Waals surface area contributed by atoms with Gasteiger partial charge in [0, 0.05) is 64.6 Å². The standard InChI is InChI=1S/C18H22N6O/c1-22-9-10-24(13-15-3-2-5-19-11-15)18(17(22)25)4-8-23(14-18)16-12-20-6-7-21-16/h2-3,5-7,11-12H,4,8-10,13-14H2,1H3/t18-/m0/s1. The minimum absolute atomic E-state index is 0.203. The van der Waals surface area contributed by atoms with Crippen LogP contribution in [0, 0.1) is 0 Å². The predicted octanol–water partition coefficient (Wildman–Crippen LogP) is 0.795. The summed E-state index contributed by atoms with van der Waals surface area (Å²) in [5, 5.41) is 0. The van der Waals surface area contributed by atoms with Gasteiger partial charge >= 0.3 is 0 Å². The van der Waals surface area contributed by atoms with Crippen LogP contribution in [0.2, 0.25) is 0 Å². The molecule has 1 amide bonds. The number of carbonyl (C=O) groups is 1. The van der Waals surface area contributed by atoms with Gasteiger partial charge in [-0.3, -0.25) is 19.7 Å². The summed E-state index contributed by atoms with van der Waals surface area (Å²) in [6.07, 6.45) is 9.59. The number of nitrogens with zero attached hydrogens (tertiary/aromatic N) is 6. The Balaban J connectivity index is 1.62. The van der Waals surface area contributed by atoms with Gasteiger partial charge in [0.2, 0.25) is 5.91 Å². The normalized spacial score (nSPS) is 24.3. The topological polar surface area (TPSA) is 65.5 Å². The molecule has 130 valence electrons. The van der Waals surface area contributed by atoms with Crippen molar-refractivity contribution in [2.24, 2.45) is 0 Å². The molecule has 7 heteroatoms. The maximum atomic E-state index is 13.1. The van der Waals surface area contributed by atoms with E-state index in [1.165, 1.54) is 0 Å². The molecule has 25 heavy (non-hydrogen) atoms. The quantitative estimate of drug-likeness (QED) is 0.825. The van der Waals surface area contributed by atoms with Gasteiger partial charge in [-0.2, -0.15) is 0 Å². The van der Waals surface area contributed by atoms with Crippen LogP contribution in [0.4, 0.5) is 5.82 Å². The third-order valence-corrected chi connectivity index (χ3v) is 5.27. The molecule has 0 radical (unpaired) electrons. The lowest BCUT2D eigenvalue weighted by Crippen LogP contribution is -2.65. The number of amides is 1. The van der Waals surface area contributed by atoms with Crippen LogP contribution in [0.25, 0.3) is 0 Å². The largest absolute Gasteiger partial charge is 0.353 e. The number of likely N-dealkylation sites (N-methyl/N-ethyl adjacent to an activating group) is 1. The summed E-state index contributed by atoms with van der Waals surface area (Å²) < 4.78 is 0. The highest BCUT2D eigenvalue weighted by atomic mass is 16.2. The van der Waals surface area contributed by atoms with Crippen molar-refractivity contribution in [3.05, 3.63) is 48.7 Å². The lowest BCUT2D eigenvalue weighted by molar-refractivity contribution is -0.148. The SMILES string of the molecule is CN1CCN(Cc2cccnc2)[C@]2(CCN(c3cnccn3)C2)C1=O. The number of anilines is 1. The van der Waals surface area contributed by atoms with Crippen molar-refractivity contribution in [1.29, 1.82) is 0 Å². The Labute approximate surface area is 147 Å². The van der Waals surface area contributed by atoms with Crippen molar-refractivity contribution in [2.45, 2.75) is 18.5 Å². The van der Waals surface area contributed by atoms with E-state index in [9.17, 15) is 4.79 Å². The Morgan fingerprint density at radius 1 is 1.12 bits per heavy atom. The number of piperazine rings is 1. The van der Waals surface area contributed by atoms with Gasteiger partial charge in [-0.05, 0) is 18.1 Å². The summed E-state index contributed by atoms with van der Waals surface area (Å²) >= 11 is 0. The molecule has 0 N–H and O–H groups in total. The Hall–Kier alpha value is -2.54. The number of pyridine rings is 1. The Kier molecular flexibility index (Phi) is 4.09. The molecule has 7 nitrogen and oxygen atoms in total. The van der Waals surface area contributed by atoms with Gasteiger partial charge in [0.25, 0.3) is 0 Å². The maximum Gasteiger partial charge on any atom is 0.244 e. The van der Waals surface area contributed by atoms with Gasteiger partial charge in [-0.15, -0.1) is 0 Å². The second-order valence-corrected chi connectivity index (χ2v) is 6.78. The van der Waals surface area contributed by atoms with Crippen LogP contribution in [-0.4, -0.2) is 69.4 Å². The average Bonchev–Trinajstić information content (AvgIpc) is 3.11. The first-order valence-corrected chi connectivity index (χ1v) is 8.59. The van der Waals surface area contributed by atoms with Gasteiger partial charge in [0.1, 0.15) is 11.4 Å². The molecule has 2 aliphatic rings. The first-order chi connectivity index (χ1) is 12.2. The fourth-order valence-electron chi connectivity index (χ4n) is 3.90. The van der Waals surface area contributed by atoms with Crippen LogP contribution in [0.1, 0.15) is 12.0 Å². The van der Waals surface area contributed by atoms with Crippen molar-refractivity contribution < 1.29 is 4.79 Å². The van der Waals surface area contributed by atoms with Gasteiger partial charge in [-0.25, -0.2) is 4.98 Å². The number of hydrogen-bond acceptors (Lipinski definition) is 6. The first kappa shape index (κ1) is 16.0. The van der Waals surface area contributed by atoms with E-state index in [4.69, 9.17) is 0 Å². The zero-order valence-corrected chi connectivity index (χ0v) is 14.4. The molecule has 1 atom stereocenters. The van der Waals surface area contributed by atoms with Gasteiger partial charge in [-0.1, -0.05) is 6.07 Å². The molecular weight excluding hydrogens is 316 g/mol. The lowest BCUT2D eigenvalue weighted by Gasteiger charge is -2.46. The second kappa shape index (κ2) is 6.40. The minimum Gasteiger partial charge on any atom is -0.353 e. The minimum atomic E-state index is -0.500. The van der Waals surface area contributed by atoms with E-state index < -0.39 is 5.54 Å². The van der Waals surface area contributed by atoms with Crippen molar-refractivity contribution in [3.8, 4) is 0 Å². The molecule has 2 aromatic rings. The van der Waals surface area contributed by atoms with Crippen LogP contribution < -0.4 is 4.90 Å². The predicted molar refractivity (Wildman–Crippen MR) is 93.9 cm³/mol. The number of carbonyl (C=O) groups excluding carboxylic acids is 1. The lowest BCUT2D eigenvalue weighted by atomic mass is 9.91. The molecule has 2 saturated heterocycles. The molecule has 0 aromatic carbocycles. The van der Waals surface area contributed by atoms with E-state index in [-0.39, 0.29) is 5.91 Å². The van der Waals surface area contributed by atoms with E-state index in [1.54, 1.807) is 24.8 Å². The highest BCUT2D eigenvalue weighted by Gasteiger charge is 2.52. The molecule has 2 aromatic heterocycles. The summed E-state index contributed by atoms with van der Waals surface area (Å²) in [5.41, 5.74) is 0.637. The van der Waals surface area contributed by atoms with Crippen molar-refractivity contribution in [2.75, 3.05) is 38.1 Å². The van der Waals surface area contributed by atoms with Crippen LogP contribution in [0.5, 0.6) is 0 Å². The van der Waals surface area contributed by atoms with Crippen LogP contribution in [0.15, 0.2) is 43.1 Å². The Morgan fingerprint density at radius 3 is 2.76 bits per heavy atom. The molecule has 0 bridgehead atoms. The Morgan fingerprint density at radius 2 is 2.00 bits per heavy atom. The van der Waals surface area contributed by atoms with Crippen molar-refractivity contribution >= 4 is 11.7 Å². The van der Waals surface area contributed by atoms with Crippen molar-refractivity contribution in [1.82, 2.24) is 24.8 Å². The van der Waals surface area contributed by atoms with E-state index in [0.29, 0.717) is 6.54 Å². The molecule has 1 spiro atoms. The average molecular weight is 338 g/mol. The van der Waals surface area contributed by atoms with E-state index in [1.807, 2.05) is 24.2 Å². The van der Waals surface area contributed by atoms with E-state index in [0.717, 1.165) is 44.0 Å². The molecule has 4 rings (SSSR count). The third kappa shape index (κ3) is 2.84. The van der Waals surface area contributed by atoms with Gasteiger partial charge in [0.05, 0.1) is 6.20 Å². The number of hydrogen-bond donors (Lipinski definition) is 0. The Bertz CT molecular complexity index is 740. The summed E-state index contributed by atoms with van der Waals surface area (Å²) in [6, 6.07) is 4.01. The summed E-state index contributed by atoms with van der Waals surface area (Å²) in [7, 11) is 1.90. The van der Waals surface area contributed by atoms with Gasteiger partial charge < -0.3 is 9.80 Å². The summed E-state index contributed by atoms with van der Waals surface area (Å²) in [6.45, 7) is 3.82. The second-order valence-electron chi connectivity index (χ2n) is 6.78. The fourth-order valence-corrected chi connectivity index (χ4v) is 3.90. The molecule has 0 unspecified atom stereocenters. The highest BCUT2D eigenvalue weighted by molar-refractivity contribution is 5.88. The molecule has 0 saturated carbocycles. The number of rotatable bonds is 3. The molecule has 2 fully saturated rings. The van der Waals surface area contributed by atoms with Crippen LogP contribution in [-0.2, 0) is 11.3 Å².